The lowest BCUT2D eigenvalue weighted by Crippen LogP contribution is -3.00. The van der Waals surface area contributed by atoms with Gasteiger partial charge in [0.2, 0.25) is 0 Å². The Balaban J connectivity index is 0.00000161. The summed E-state index contributed by atoms with van der Waals surface area (Å²) in [5.74, 6) is 0. The van der Waals surface area contributed by atoms with E-state index in [9.17, 15) is 0 Å². The van der Waals surface area contributed by atoms with Crippen LogP contribution < -0.4 is 40.0 Å². The van der Waals surface area contributed by atoms with Gasteiger partial charge in [-0.2, -0.15) is 0 Å². The van der Waals surface area contributed by atoms with E-state index < -0.39 is 7.26 Å². The van der Waals surface area contributed by atoms with Crippen molar-refractivity contribution in [2.75, 3.05) is 6.66 Å². The highest BCUT2D eigenvalue weighted by Gasteiger charge is 2.41. The predicted octanol–water partition coefficient (Wildman–Crippen LogP) is -0.0472. The second-order valence-electron chi connectivity index (χ2n) is 5.15. The largest absolute Gasteiger partial charge is 1.00 e. The molecule has 108 valence electrons. The third kappa shape index (κ3) is 2.93. The van der Waals surface area contributed by atoms with E-state index in [1.54, 1.807) is 0 Å². The van der Waals surface area contributed by atoms with Gasteiger partial charge in [0, 0.05) is 19.3 Å². The fourth-order valence-corrected chi connectivity index (χ4v) is 6.23. The Hall–Kier alpha value is -1.12. The Morgan fingerprint density at radius 1 is 0.714 bits per heavy atom. The van der Waals surface area contributed by atoms with Gasteiger partial charge < -0.3 is 28.5 Å². The van der Waals surface area contributed by atoms with E-state index >= 15 is 0 Å². The van der Waals surface area contributed by atoms with Gasteiger partial charge in [0.05, 0.1) is 6.66 Å². The first kappa shape index (κ1) is 16.3. The maximum absolute atomic E-state index is 2.41. The summed E-state index contributed by atoms with van der Waals surface area (Å²) >= 11 is 0. The Labute approximate surface area is 144 Å². The number of aromatic nitrogens is 1. The van der Waals surface area contributed by atoms with Crippen LogP contribution >= 0.6 is 7.26 Å². The van der Waals surface area contributed by atoms with Crippen molar-refractivity contribution in [1.82, 2.24) is 4.57 Å². The molecule has 0 fully saturated rings. The number of hydrogen-bond acceptors (Lipinski definition) is 0. The number of aryl methyl sites for hydroxylation is 1. The number of halogens is 1. The number of rotatable bonds is 3. The number of hydrogen-bond donors (Lipinski definition) is 0. The summed E-state index contributed by atoms with van der Waals surface area (Å²) in [6.45, 7) is 2.41. The number of nitrogens with zero attached hydrogens (tertiary/aromatic N) is 1. The Morgan fingerprint density at radius 3 is 1.57 bits per heavy atom. The minimum atomic E-state index is -1.55. The fraction of sp³-hybridized carbons (Fsp3) is 0.111. The highest BCUT2D eigenvalue weighted by atomic mass is 127. The van der Waals surface area contributed by atoms with Gasteiger partial charge in [-0.05, 0) is 30.3 Å². The van der Waals surface area contributed by atoms with Crippen molar-refractivity contribution in [1.29, 1.82) is 0 Å². The zero-order valence-corrected chi connectivity index (χ0v) is 15.3. The van der Waals surface area contributed by atoms with Gasteiger partial charge in [-0.1, -0.05) is 36.4 Å². The summed E-state index contributed by atoms with van der Waals surface area (Å²) in [7, 11) is 0.585. The third-order valence-electron chi connectivity index (χ3n) is 3.92. The molecule has 3 rings (SSSR count). The molecule has 0 radical (unpaired) electrons. The van der Waals surface area contributed by atoms with Crippen LogP contribution in [0.1, 0.15) is 0 Å². The van der Waals surface area contributed by atoms with Crippen LogP contribution in [0, 0.1) is 0 Å². The van der Waals surface area contributed by atoms with Gasteiger partial charge in [0.25, 0.3) is 0 Å². The lowest BCUT2D eigenvalue weighted by molar-refractivity contribution is -0.00000401. The monoisotopic (exact) mass is 407 g/mol. The van der Waals surface area contributed by atoms with Gasteiger partial charge >= 0.3 is 0 Å². The molecule has 2 aromatic carbocycles. The van der Waals surface area contributed by atoms with Crippen molar-refractivity contribution in [2.45, 2.75) is 0 Å². The molecule has 0 saturated carbocycles. The molecule has 0 saturated heterocycles. The van der Waals surface area contributed by atoms with Crippen LogP contribution in [0.4, 0.5) is 0 Å². The van der Waals surface area contributed by atoms with Crippen molar-refractivity contribution in [3.05, 3.63) is 79.0 Å². The molecule has 1 heterocycles. The first-order chi connectivity index (χ1) is 9.73. The molecular weight excluding hydrogens is 388 g/mol. The van der Waals surface area contributed by atoms with Crippen LogP contribution in [0.3, 0.4) is 0 Å². The van der Waals surface area contributed by atoms with Crippen LogP contribution in [-0.4, -0.2) is 11.2 Å². The highest BCUT2D eigenvalue weighted by molar-refractivity contribution is 7.95. The van der Waals surface area contributed by atoms with E-state index in [1.165, 1.54) is 16.0 Å². The topological polar surface area (TPSA) is 4.93 Å². The van der Waals surface area contributed by atoms with Crippen LogP contribution in [-0.2, 0) is 7.05 Å². The maximum Gasteiger partial charge on any atom is 0.173 e. The Kier molecular flexibility index (Phi) is 5.23. The van der Waals surface area contributed by atoms with E-state index in [-0.39, 0.29) is 24.0 Å². The molecule has 0 amide bonds. The molecule has 21 heavy (non-hydrogen) atoms. The Bertz CT molecular complexity index is 652. The van der Waals surface area contributed by atoms with Crippen LogP contribution in [0.15, 0.2) is 79.0 Å². The minimum absolute atomic E-state index is 0. The molecule has 0 N–H and O–H groups in total. The minimum Gasteiger partial charge on any atom is -1.00 e. The molecule has 0 atom stereocenters. The van der Waals surface area contributed by atoms with Crippen molar-refractivity contribution in [3.63, 3.8) is 0 Å². The summed E-state index contributed by atoms with van der Waals surface area (Å²) in [5, 5.41) is 2.85. The van der Waals surface area contributed by atoms with E-state index in [0.717, 1.165) is 0 Å². The average molecular weight is 407 g/mol. The molecule has 0 aliphatic rings. The van der Waals surface area contributed by atoms with E-state index in [1.807, 2.05) is 0 Å². The van der Waals surface area contributed by atoms with Gasteiger partial charge in [-0.15, -0.1) is 0 Å². The molecule has 0 bridgehead atoms. The molecule has 0 unspecified atom stereocenters. The lowest BCUT2D eigenvalue weighted by atomic mass is 10.4. The summed E-state index contributed by atoms with van der Waals surface area (Å²) in [4.78, 5) is 0. The summed E-state index contributed by atoms with van der Waals surface area (Å²) in [6, 6.07) is 26.2. The van der Waals surface area contributed by atoms with Crippen molar-refractivity contribution in [2.24, 2.45) is 7.05 Å². The fourth-order valence-electron chi connectivity index (χ4n) is 2.78. The van der Waals surface area contributed by atoms with Crippen LogP contribution in [0.5, 0.6) is 0 Å². The quantitative estimate of drug-likeness (QED) is 0.424. The molecule has 1 aromatic heterocycles. The van der Waals surface area contributed by atoms with E-state index in [0.29, 0.717) is 0 Å². The maximum atomic E-state index is 2.41. The standard InChI is InChI=1S/C18H19NP.HI/c1-19-15-9-14-18(19)20(2,16-10-5-3-6-11-16)17-12-7-4-8-13-17;/h3-15H,1-2H3;1H/q+1;/p-1. The third-order valence-corrected chi connectivity index (χ3v) is 7.96. The average Bonchev–Trinajstić information content (AvgIpc) is 2.95. The van der Waals surface area contributed by atoms with Gasteiger partial charge in [0.1, 0.15) is 17.9 Å². The van der Waals surface area contributed by atoms with E-state index in [4.69, 9.17) is 0 Å². The Morgan fingerprint density at radius 2 is 1.19 bits per heavy atom. The predicted molar refractivity (Wildman–Crippen MR) is 90.0 cm³/mol. The van der Waals surface area contributed by atoms with E-state index in [2.05, 4.69) is 97.3 Å². The molecule has 0 aliphatic heterocycles. The summed E-state index contributed by atoms with van der Waals surface area (Å²) in [5.41, 5.74) is 1.41. The molecule has 1 nitrogen and oxygen atoms in total. The molecule has 0 aliphatic carbocycles. The molecular formula is C18H19INP. The first-order valence-electron chi connectivity index (χ1n) is 6.82. The van der Waals surface area contributed by atoms with Crippen molar-refractivity contribution in [3.8, 4) is 0 Å². The first-order valence-corrected chi connectivity index (χ1v) is 9.06. The summed E-state index contributed by atoms with van der Waals surface area (Å²) in [6.07, 6.45) is 2.14. The van der Waals surface area contributed by atoms with Gasteiger partial charge in [-0.3, -0.25) is 0 Å². The van der Waals surface area contributed by atoms with Crippen LogP contribution in [0.25, 0.3) is 0 Å². The molecule has 0 spiro atoms. The smallest absolute Gasteiger partial charge is 0.173 e. The lowest BCUT2D eigenvalue weighted by Gasteiger charge is -2.23. The zero-order valence-electron chi connectivity index (χ0n) is 12.3. The zero-order chi connectivity index (χ0) is 14.0. The normalized spacial score (nSPS) is 11.0. The SMILES string of the molecule is Cn1cccc1[P+](C)(c1ccccc1)c1ccccc1.[I-]. The van der Waals surface area contributed by atoms with Crippen molar-refractivity contribution < 1.29 is 24.0 Å². The molecule has 3 aromatic rings. The second-order valence-corrected chi connectivity index (χ2v) is 8.66. The molecule has 3 heteroatoms. The number of benzene rings is 2. The second kappa shape index (κ2) is 6.76. The highest BCUT2D eigenvalue weighted by Crippen LogP contribution is 2.51. The van der Waals surface area contributed by atoms with Gasteiger partial charge in [-0.25, -0.2) is 0 Å². The summed E-state index contributed by atoms with van der Waals surface area (Å²) < 4.78 is 2.26. The van der Waals surface area contributed by atoms with Crippen LogP contribution in [0.2, 0.25) is 0 Å². The van der Waals surface area contributed by atoms with Gasteiger partial charge in [0.15, 0.2) is 5.44 Å². The van der Waals surface area contributed by atoms with Crippen molar-refractivity contribution >= 4 is 23.3 Å².